The Morgan fingerprint density at radius 2 is 2.12 bits per heavy atom. The lowest BCUT2D eigenvalue weighted by molar-refractivity contribution is 0.555. The van der Waals surface area contributed by atoms with Crippen LogP contribution in [0, 0.1) is 11.6 Å². The first-order valence-electron chi connectivity index (χ1n) is 8.31. The van der Waals surface area contributed by atoms with Gasteiger partial charge in [-0.3, -0.25) is 4.99 Å². The molecule has 1 unspecified atom stereocenters. The van der Waals surface area contributed by atoms with Crippen LogP contribution in [0.25, 0.3) is 0 Å². The van der Waals surface area contributed by atoms with E-state index in [2.05, 4.69) is 25.8 Å². The number of aliphatic imine (C=N–C) groups is 1. The second kappa shape index (κ2) is 9.10. The molecule has 0 aliphatic heterocycles. The summed E-state index contributed by atoms with van der Waals surface area (Å²) in [6, 6.07) is 3.65. The van der Waals surface area contributed by atoms with Gasteiger partial charge in [0, 0.05) is 45.1 Å². The molecule has 136 valence electrons. The minimum atomic E-state index is -0.570. The second-order valence-corrected chi connectivity index (χ2v) is 5.74. The van der Waals surface area contributed by atoms with Gasteiger partial charge < -0.3 is 15.2 Å². The van der Waals surface area contributed by atoms with Crippen LogP contribution in [0.15, 0.2) is 29.5 Å². The maximum Gasteiger partial charge on any atom is 0.191 e. The van der Waals surface area contributed by atoms with Crippen LogP contribution in [0.4, 0.5) is 8.78 Å². The quantitative estimate of drug-likeness (QED) is 0.593. The van der Waals surface area contributed by atoms with Crippen molar-refractivity contribution < 1.29 is 8.78 Å². The van der Waals surface area contributed by atoms with Gasteiger partial charge >= 0.3 is 0 Å². The summed E-state index contributed by atoms with van der Waals surface area (Å²) >= 11 is 0. The number of rotatable bonds is 7. The van der Waals surface area contributed by atoms with Crippen LogP contribution >= 0.6 is 0 Å². The minimum absolute atomic E-state index is 0.122. The van der Waals surface area contributed by atoms with Gasteiger partial charge in [0.1, 0.15) is 23.8 Å². The van der Waals surface area contributed by atoms with Crippen molar-refractivity contribution in [3.8, 4) is 0 Å². The summed E-state index contributed by atoms with van der Waals surface area (Å²) < 4.78 is 28.8. The van der Waals surface area contributed by atoms with E-state index in [0.29, 0.717) is 24.6 Å². The average Bonchev–Trinajstić information content (AvgIpc) is 3.05. The highest BCUT2D eigenvalue weighted by molar-refractivity contribution is 5.79. The molecule has 0 bridgehead atoms. The monoisotopic (exact) mass is 350 g/mol. The van der Waals surface area contributed by atoms with Crippen LogP contribution in [0.1, 0.15) is 31.2 Å². The molecule has 1 heterocycles. The lowest BCUT2D eigenvalue weighted by atomic mass is 10.0. The number of aromatic nitrogens is 3. The number of halogens is 2. The maximum atomic E-state index is 13.8. The Morgan fingerprint density at radius 1 is 1.32 bits per heavy atom. The first kappa shape index (κ1) is 18.8. The molecule has 6 nitrogen and oxygen atoms in total. The molecule has 0 saturated heterocycles. The summed E-state index contributed by atoms with van der Waals surface area (Å²) in [7, 11) is 1.68. The summed E-state index contributed by atoms with van der Waals surface area (Å²) in [5, 5.41) is 14.3. The van der Waals surface area contributed by atoms with E-state index >= 15 is 0 Å². The zero-order chi connectivity index (χ0) is 18.2. The van der Waals surface area contributed by atoms with Crippen molar-refractivity contribution in [2.45, 2.75) is 32.7 Å². The molecule has 2 N–H and O–H groups in total. The van der Waals surface area contributed by atoms with Gasteiger partial charge in [-0.15, -0.1) is 10.2 Å². The fourth-order valence-electron chi connectivity index (χ4n) is 2.52. The van der Waals surface area contributed by atoms with E-state index in [0.717, 1.165) is 24.9 Å². The number of nitrogens with one attached hydrogen (secondary N) is 2. The van der Waals surface area contributed by atoms with Gasteiger partial charge in [-0.05, 0) is 11.6 Å². The summed E-state index contributed by atoms with van der Waals surface area (Å²) in [5.41, 5.74) is 0.474. The molecule has 1 aromatic heterocycles. The lowest BCUT2D eigenvalue weighted by Crippen LogP contribution is -2.40. The van der Waals surface area contributed by atoms with E-state index < -0.39 is 11.6 Å². The van der Waals surface area contributed by atoms with Crippen LogP contribution < -0.4 is 10.6 Å². The number of hydrogen-bond donors (Lipinski definition) is 2. The van der Waals surface area contributed by atoms with Crippen molar-refractivity contribution in [3.05, 3.63) is 47.5 Å². The number of benzene rings is 1. The standard InChI is InChI=1S/C17H24F2N6/c1-4-16-24-23-11-25(16)8-7-21-17(20-3)22-10-12(2)14-6-5-13(18)9-15(14)19/h5-6,9,11-12H,4,7-8,10H2,1-3H3,(H2,20,21,22). The zero-order valence-corrected chi connectivity index (χ0v) is 14.8. The molecule has 2 rings (SSSR count). The number of aryl methyl sites for hydroxylation is 1. The smallest absolute Gasteiger partial charge is 0.191 e. The Labute approximate surface area is 146 Å². The Hall–Kier alpha value is -2.51. The highest BCUT2D eigenvalue weighted by Gasteiger charge is 2.12. The molecule has 2 aromatic rings. The van der Waals surface area contributed by atoms with Crippen molar-refractivity contribution in [2.24, 2.45) is 4.99 Å². The van der Waals surface area contributed by atoms with Gasteiger partial charge in [-0.1, -0.05) is 19.9 Å². The van der Waals surface area contributed by atoms with E-state index in [-0.39, 0.29) is 5.92 Å². The van der Waals surface area contributed by atoms with E-state index in [1.54, 1.807) is 13.4 Å². The zero-order valence-electron chi connectivity index (χ0n) is 14.8. The molecule has 0 radical (unpaired) electrons. The van der Waals surface area contributed by atoms with E-state index in [1.807, 2.05) is 18.4 Å². The molecule has 0 aliphatic carbocycles. The van der Waals surface area contributed by atoms with E-state index in [4.69, 9.17) is 0 Å². The maximum absolute atomic E-state index is 13.8. The lowest BCUT2D eigenvalue weighted by Gasteiger charge is -2.17. The third kappa shape index (κ3) is 5.23. The first-order chi connectivity index (χ1) is 12.0. The van der Waals surface area contributed by atoms with Gasteiger partial charge in [0.15, 0.2) is 5.96 Å². The summed E-state index contributed by atoms with van der Waals surface area (Å²) in [5.74, 6) is 0.339. The van der Waals surface area contributed by atoms with E-state index in [1.165, 1.54) is 12.1 Å². The molecule has 0 aliphatic rings. The summed E-state index contributed by atoms with van der Waals surface area (Å²) in [6.45, 7) is 5.77. The van der Waals surface area contributed by atoms with Crippen molar-refractivity contribution in [1.82, 2.24) is 25.4 Å². The normalized spacial score (nSPS) is 12.9. The van der Waals surface area contributed by atoms with Crippen molar-refractivity contribution >= 4 is 5.96 Å². The SMILES string of the molecule is CCc1nncn1CCNC(=NC)NCC(C)c1ccc(F)cc1F. The first-order valence-corrected chi connectivity index (χ1v) is 8.31. The molecule has 0 fully saturated rings. The predicted molar refractivity (Wildman–Crippen MR) is 93.5 cm³/mol. The fourth-order valence-corrected chi connectivity index (χ4v) is 2.52. The minimum Gasteiger partial charge on any atom is -0.356 e. The molecule has 0 amide bonds. The molecule has 0 saturated carbocycles. The highest BCUT2D eigenvalue weighted by atomic mass is 19.1. The molecular weight excluding hydrogens is 326 g/mol. The van der Waals surface area contributed by atoms with Crippen molar-refractivity contribution in [2.75, 3.05) is 20.1 Å². The molecule has 1 aromatic carbocycles. The molecule has 1 atom stereocenters. The number of guanidine groups is 1. The predicted octanol–water partition coefficient (Wildman–Crippen LogP) is 2.09. The highest BCUT2D eigenvalue weighted by Crippen LogP contribution is 2.19. The largest absolute Gasteiger partial charge is 0.356 e. The second-order valence-electron chi connectivity index (χ2n) is 5.74. The Morgan fingerprint density at radius 3 is 2.80 bits per heavy atom. The van der Waals surface area contributed by atoms with Crippen molar-refractivity contribution in [1.29, 1.82) is 0 Å². The Kier molecular flexibility index (Phi) is 6.85. The van der Waals surface area contributed by atoms with Crippen LogP contribution in [0.3, 0.4) is 0 Å². The van der Waals surface area contributed by atoms with Crippen molar-refractivity contribution in [3.63, 3.8) is 0 Å². The van der Waals surface area contributed by atoms with E-state index in [9.17, 15) is 8.78 Å². The van der Waals surface area contributed by atoms with Crippen LogP contribution in [-0.4, -0.2) is 40.9 Å². The molecular formula is C17H24F2N6. The van der Waals surface area contributed by atoms with Gasteiger partial charge in [-0.2, -0.15) is 0 Å². The van der Waals surface area contributed by atoms with Gasteiger partial charge in [0.05, 0.1) is 0 Å². The molecule has 8 heteroatoms. The van der Waals surface area contributed by atoms with Gasteiger partial charge in [0.25, 0.3) is 0 Å². The Balaban J connectivity index is 1.81. The van der Waals surface area contributed by atoms with Gasteiger partial charge in [-0.25, -0.2) is 8.78 Å². The molecule has 0 spiro atoms. The van der Waals surface area contributed by atoms with Crippen LogP contribution in [0.5, 0.6) is 0 Å². The number of nitrogens with zero attached hydrogens (tertiary/aromatic N) is 4. The molecule has 25 heavy (non-hydrogen) atoms. The number of hydrogen-bond acceptors (Lipinski definition) is 3. The van der Waals surface area contributed by atoms with Crippen LogP contribution in [-0.2, 0) is 13.0 Å². The topological polar surface area (TPSA) is 67.1 Å². The van der Waals surface area contributed by atoms with Crippen LogP contribution in [0.2, 0.25) is 0 Å². The average molecular weight is 350 g/mol. The third-order valence-corrected chi connectivity index (χ3v) is 3.95. The Bertz CT molecular complexity index is 713. The fraction of sp³-hybridized carbons (Fsp3) is 0.471. The third-order valence-electron chi connectivity index (χ3n) is 3.95. The van der Waals surface area contributed by atoms with Gasteiger partial charge in [0.2, 0.25) is 0 Å². The summed E-state index contributed by atoms with van der Waals surface area (Å²) in [6.07, 6.45) is 2.53. The summed E-state index contributed by atoms with van der Waals surface area (Å²) in [4.78, 5) is 4.15.